The Labute approximate surface area is 128 Å². The second kappa shape index (κ2) is 5.58. The van der Waals surface area contributed by atoms with Crippen LogP contribution in [0.15, 0.2) is 40.4 Å². The van der Waals surface area contributed by atoms with Gasteiger partial charge in [-0.15, -0.1) is 0 Å². The van der Waals surface area contributed by atoms with Crippen molar-refractivity contribution in [2.24, 2.45) is 0 Å². The first-order valence-electron chi connectivity index (χ1n) is 6.27. The lowest BCUT2D eigenvalue weighted by Gasteiger charge is -2.08. The van der Waals surface area contributed by atoms with Crippen molar-refractivity contribution < 1.29 is 4.39 Å². The summed E-state index contributed by atoms with van der Waals surface area (Å²) in [6.45, 7) is 0. The topological polar surface area (TPSA) is 82.4 Å². The number of aromatic nitrogens is 3. The van der Waals surface area contributed by atoms with Crippen LogP contribution < -0.4 is 5.56 Å². The van der Waals surface area contributed by atoms with Gasteiger partial charge in [-0.3, -0.25) is 9.78 Å². The van der Waals surface area contributed by atoms with E-state index in [4.69, 9.17) is 0 Å². The van der Waals surface area contributed by atoms with Gasteiger partial charge < -0.3 is 4.98 Å². The molecule has 0 atom stereocenters. The molecule has 3 aromatic rings. The van der Waals surface area contributed by atoms with Gasteiger partial charge in [0.2, 0.25) is 0 Å². The summed E-state index contributed by atoms with van der Waals surface area (Å²) in [4.78, 5) is 23.0. The van der Waals surface area contributed by atoms with Crippen molar-refractivity contribution in [2.45, 2.75) is 5.16 Å². The van der Waals surface area contributed by atoms with E-state index in [1.54, 1.807) is 18.4 Å². The van der Waals surface area contributed by atoms with Crippen molar-refractivity contribution in [1.29, 1.82) is 5.26 Å². The van der Waals surface area contributed by atoms with Gasteiger partial charge in [0.05, 0.1) is 11.2 Å². The number of nitrogens with one attached hydrogen (secondary N) is 1. The van der Waals surface area contributed by atoms with Gasteiger partial charge in [0.1, 0.15) is 17.4 Å². The standard InChI is InChI=1S/C15H9FN4OS/c1-22-15-19-13(10(7-17)14(21)20-15)9-4-5-11(16)8-3-2-6-18-12(8)9/h2-6H,1H3,(H,19,20,21). The fourth-order valence-electron chi connectivity index (χ4n) is 2.18. The molecular weight excluding hydrogens is 303 g/mol. The van der Waals surface area contributed by atoms with Crippen molar-refractivity contribution in [3.05, 3.63) is 52.2 Å². The molecule has 108 valence electrons. The number of rotatable bonds is 2. The van der Waals surface area contributed by atoms with Gasteiger partial charge in [0.15, 0.2) is 5.16 Å². The molecule has 0 aliphatic heterocycles. The minimum atomic E-state index is -0.523. The number of H-pyrrole nitrogens is 1. The minimum absolute atomic E-state index is 0.114. The summed E-state index contributed by atoms with van der Waals surface area (Å²) in [6.07, 6.45) is 3.29. The Kier molecular flexibility index (Phi) is 3.61. The molecule has 7 heteroatoms. The van der Waals surface area contributed by atoms with Crippen LogP contribution in [0.3, 0.4) is 0 Å². The molecule has 2 aromatic heterocycles. The predicted octanol–water partition coefficient (Wildman–Crippen LogP) is 2.72. The summed E-state index contributed by atoms with van der Waals surface area (Å²) < 4.78 is 13.9. The minimum Gasteiger partial charge on any atom is -0.300 e. The average Bonchev–Trinajstić information content (AvgIpc) is 2.55. The third-order valence-corrected chi connectivity index (χ3v) is 3.75. The van der Waals surface area contributed by atoms with Gasteiger partial charge in [-0.05, 0) is 30.5 Å². The van der Waals surface area contributed by atoms with Crippen molar-refractivity contribution >= 4 is 22.7 Å². The number of pyridine rings is 1. The number of benzene rings is 1. The smallest absolute Gasteiger partial charge is 0.270 e. The molecule has 2 heterocycles. The summed E-state index contributed by atoms with van der Waals surface area (Å²) in [5.41, 5.74) is 0.389. The SMILES string of the molecule is CSc1nc(-c2ccc(F)c3cccnc23)c(C#N)c(=O)[nH]1. The van der Waals surface area contributed by atoms with Gasteiger partial charge in [0, 0.05) is 17.1 Å². The second-order valence-electron chi connectivity index (χ2n) is 4.41. The lowest BCUT2D eigenvalue weighted by molar-refractivity contribution is 0.639. The van der Waals surface area contributed by atoms with Crippen molar-refractivity contribution in [3.8, 4) is 17.3 Å². The number of nitrogens with zero attached hydrogens (tertiary/aromatic N) is 3. The number of aromatic amines is 1. The lowest BCUT2D eigenvalue weighted by atomic mass is 10.0. The molecule has 0 aliphatic carbocycles. The zero-order chi connectivity index (χ0) is 15.7. The Morgan fingerprint density at radius 3 is 2.91 bits per heavy atom. The molecular formula is C15H9FN4OS. The van der Waals surface area contributed by atoms with E-state index in [1.165, 1.54) is 30.1 Å². The number of thioether (sulfide) groups is 1. The zero-order valence-corrected chi connectivity index (χ0v) is 12.2. The van der Waals surface area contributed by atoms with E-state index in [9.17, 15) is 14.4 Å². The van der Waals surface area contributed by atoms with Crippen LogP contribution in [0.1, 0.15) is 5.56 Å². The van der Waals surface area contributed by atoms with Crippen LogP contribution >= 0.6 is 11.8 Å². The summed E-state index contributed by atoms with van der Waals surface area (Å²) in [7, 11) is 0. The number of hydrogen-bond acceptors (Lipinski definition) is 5. The van der Waals surface area contributed by atoms with Crippen LogP contribution in [0.4, 0.5) is 4.39 Å². The van der Waals surface area contributed by atoms with Gasteiger partial charge in [-0.25, -0.2) is 9.37 Å². The van der Waals surface area contributed by atoms with Crippen LogP contribution in [0.5, 0.6) is 0 Å². The monoisotopic (exact) mass is 312 g/mol. The third-order valence-electron chi connectivity index (χ3n) is 3.17. The van der Waals surface area contributed by atoms with E-state index in [2.05, 4.69) is 15.0 Å². The highest BCUT2D eigenvalue weighted by Crippen LogP contribution is 2.29. The predicted molar refractivity (Wildman–Crippen MR) is 82.0 cm³/mol. The third kappa shape index (κ3) is 2.23. The van der Waals surface area contributed by atoms with E-state index in [-0.39, 0.29) is 11.3 Å². The highest BCUT2D eigenvalue weighted by Gasteiger charge is 2.17. The molecule has 0 spiro atoms. The van der Waals surface area contributed by atoms with Crippen molar-refractivity contribution in [3.63, 3.8) is 0 Å². The summed E-state index contributed by atoms with van der Waals surface area (Å²) in [5, 5.41) is 9.94. The molecule has 0 radical (unpaired) electrons. The van der Waals surface area contributed by atoms with Gasteiger partial charge in [0.25, 0.3) is 5.56 Å². The largest absolute Gasteiger partial charge is 0.300 e. The number of hydrogen-bond donors (Lipinski definition) is 1. The molecule has 3 rings (SSSR count). The summed E-state index contributed by atoms with van der Waals surface area (Å²) in [6, 6.07) is 7.84. The van der Waals surface area contributed by atoms with Gasteiger partial charge in [-0.1, -0.05) is 11.8 Å². The van der Waals surface area contributed by atoms with E-state index >= 15 is 0 Å². The molecule has 0 aliphatic rings. The first-order chi connectivity index (χ1) is 10.7. The average molecular weight is 312 g/mol. The Morgan fingerprint density at radius 1 is 1.36 bits per heavy atom. The molecule has 1 aromatic carbocycles. The van der Waals surface area contributed by atoms with Gasteiger partial charge in [-0.2, -0.15) is 5.26 Å². The fraction of sp³-hybridized carbons (Fsp3) is 0.0667. The van der Waals surface area contributed by atoms with E-state index in [1.807, 2.05) is 6.07 Å². The Bertz CT molecular complexity index is 977. The number of halogens is 1. The van der Waals surface area contributed by atoms with E-state index in [0.717, 1.165) is 0 Å². The Morgan fingerprint density at radius 2 is 2.18 bits per heavy atom. The van der Waals surface area contributed by atoms with Crippen LogP contribution in [-0.4, -0.2) is 21.2 Å². The Hall–Kier alpha value is -2.72. The lowest BCUT2D eigenvalue weighted by Crippen LogP contribution is -2.14. The molecule has 1 N–H and O–H groups in total. The quantitative estimate of drug-likeness (QED) is 0.581. The molecule has 22 heavy (non-hydrogen) atoms. The summed E-state index contributed by atoms with van der Waals surface area (Å²) in [5.74, 6) is -0.416. The zero-order valence-electron chi connectivity index (χ0n) is 11.4. The summed E-state index contributed by atoms with van der Waals surface area (Å²) >= 11 is 1.25. The van der Waals surface area contributed by atoms with E-state index in [0.29, 0.717) is 21.6 Å². The number of nitriles is 1. The molecule has 5 nitrogen and oxygen atoms in total. The van der Waals surface area contributed by atoms with Crippen LogP contribution in [0.2, 0.25) is 0 Å². The fourth-order valence-corrected chi connectivity index (χ4v) is 2.55. The van der Waals surface area contributed by atoms with E-state index < -0.39 is 11.4 Å². The van der Waals surface area contributed by atoms with Crippen LogP contribution in [0.25, 0.3) is 22.2 Å². The molecule has 0 saturated heterocycles. The maximum atomic E-state index is 13.9. The maximum absolute atomic E-state index is 13.9. The molecule has 0 saturated carbocycles. The van der Waals surface area contributed by atoms with Crippen molar-refractivity contribution in [2.75, 3.05) is 6.26 Å². The highest BCUT2D eigenvalue weighted by atomic mass is 32.2. The first kappa shape index (κ1) is 14.2. The second-order valence-corrected chi connectivity index (χ2v) is 5.20. The Balaban J connectivity index is 2.43. The first-order valence-corrected chi connectivity index (χ1v) is 7.50. The molecule has 0 bridgehead atoms. The highest BCUT2D eigenvalue weighted by molar-refractivity contribution is 7.98. The van der Waals surface area contributed by atoms with Crippen LogP contribution in [-0.2, 0) is 0 Å². The maximum Gasteiger partial charge on any atom is 0.270 e. The molecule has 0 fully saturated rings. The van der Waals surface area contributed by atoms with Gasteiger partial charge >= 0.3 is 0 Å². The van der Waals surface area contributed by atoms with Crippen LogP contribution in [0, 0.1) is 17.1 Å². The number of fused-ring (bicyclic) bond motifs is 1. The normalized spacial score (nSPS) is 10.6. The molecule has 0 amide bonds. The van der Waals surface area contributed by atoms with Crippen molar-refractivity contribution in [1.82, 2.24) is 15.0 Å². The molecule has 0 unspecified atom stereocenters.